The fourth-order valence-electron chi connectivity index (χ4n) is 4.41. The summed E-state index contributed by atoms with van der Waals surface area (Å²) in [5, 5.41) is 14.7. The molecule has 8 heteroatoms. The molecule has 30 heavy (non-hydrogen) atoms. The van der Waals surface area contributed by atoms with E-state index in [2.05, 4.69) is 45.2 Å². The van der Waals surface area contributed by atoms with Gasteiger partial charge in [-0.2, -0.15) is 0 Å². The van der Waals surface area contributed by atoms with Crippen LogP contribution in [0.5, 0.6) is 0 Å². The number of amides is 1. The molecule has 2 N–H and O–H groups in total. The van der Waals surface area contributed by atoms with Gasteiger partial charge in [0.15, 0.2) is 5.69 Å². The smallest absolute Gasteiger partial charge is 0.273 e. The molecule has 7 nitrogen and oxygen atoms in total. The lowest BCUT2D eigenvalue weighted by molar-refractivity contribution is 0.0393. The molecule has 2 heterocycles. The van der Waals surface area contributed by atoms with Crippen molar-refractivity contribution in [2.24, 2.45) is 0 Å². The van der Waals surface area contributed by atoms with Crippen LogP contribution < -0.4 is 10.6 Å². The molecule has 2 aliphatic rings. The summed E-state index contributed by atoms with van der Waals surface area (Å²) in [5.41, 5.74) is 4.02. The zero-order valence-corrected chi connectivity index (χ0v) is 18.4. The fourth-order valence-corrected chi connectivity index (χ4v) is 4.41. The summed E-state index contributed by atoms with van der Waals surface area (Å²) in [5.74, 6) is -0.148. The van der Waals surface area contributed by atoms with Crippen molar-refractivity contribution in [1.29, 1.82) is 0 Å². The highest BCUT2D eigenvalue weighted by molar-refractivity contribution is 5.93. The van der Waals surface area contributed by atoms with Crippen molar-refractivity contribution in [2.75, 3.05) is 26.2 Å². The highest BCUT2D eigenvalue weighted by Crippen LogP contribution is 2.32. The molecule has 1 saturated heterocycles. The maximum absolute atomic E-state index is 12.5. The average molecular weight is 434 g/mol. The van der Waals surface area contributed by atoms with Crippen LogP contribution in [0.2, 0.25) is 0 Å². The van der Waals surface area contributed by atoms with Gasteiger partial charge in [-0.15, -0.1) is 17.5 Å². The maximum atomic E-state index is 12.5. The standard InChI is InChI=1S/C22H31N5O2.ClH/c1-16-21(25-26-27(16)18-10-13-23-14-11-18)22(28)24-12-5-15-29-20-9-4-7-17-6-2-3-8-19(17)20;/h2-3,6,8,18,20,23H,4-5,7,9-15H2,1H3,(H,24,28);1H. The quantitative estimate of drug-likeness (QED) is 0.655. The number of hydrogen-bond donors (Lipinski definition) is 2. The van der Waals surface area contributed by atoms with Gasteiger partial charge in [0.2, 0.25) is 0 Å². The first-order chi connectivity index (χ1) is 14.2. The Morgan fingerprint density at radius 3 is 2.90 bits per heavy atom. The monoisotopic (exact) mass is 433 g/mol. The van der Waals surface area contributed by atoms with E-state index in [9.17, 15) is 4.79 Å². The van der Waals surface area contributed by atoms with Crippen LogP contribution in [0.4, 0.5) is 0 Å². The topological polar surface area (TPSA) is 81.1 Å². The number of nitrogens with one attached hydrogen (secondary N) is 2. The van der Waals surface area contributed by atoms with Crippen molar-refractivity contribution in [2.45, 2.75) is 57.6 Å². The number of aryl methyl sites for hydroxylation is 1. The Labute approximate surface area is 184 Å². The zero-order valence-electron chi connectivity index (χ0n) is 17.6. The number of piperidine rings is 1. The second-order valence-electron chi connectivity index (χ2n) is 8.01. The lowest BCUT2D eigenvalue weighted by Crippen LogP contribution is -2.30. The normalized spacial score (nSPS) is 19.0. The molecule has 164 valence electrons. The molecule has 2 aromatic rings. The third kappa shape index (κ3) is 5.20. The zero-order chi connectivity index (χ0) is 20.1. The van der Waals surface area contributed by atoms with Gasteiger partial charge in [-0.05, 0) is 69.7 Å². The van der Waals surface area contributed by atoms with Crippen LogP contribution in [0, 0.1) is 6.92 Å². The number of benzene rings is 1. The predicted molar refractivity (Wildman–Crippen MR) is 118 cm³/mol. The van der Waals surface area contributed by atoms with Crippen LogP contribution in [-0.4, -0.2) is 47.1 Å². The molecule has 1 aliphatic carbocycles. The summed E-state index contributed by atoms with van der Waals surface area (Å²) in [6.45, 7) is 5.11. The average Bonchev–Trinajstić information content (AvgIpc) is 3.15. The Bertz CT molecular complexity index is 835. The molecule has 1 fully saturated rings. The van der Waals surface area contributed by atoms with E-state index >= 15 is 0 Å². The first-order valence-electron chi connectivity index (χ1n) is 10.8. The van der Waals surface area contributed by atoms with Gasteiger partial charge in [0.25, 0.3) is 5.91 Å². The minimum atomic E-state index is -0.148. The maximum Gasteiger partial charge on any atom is 0.273 e. The van der Waals surface area contributed by atoms with Crippen LogP contribution in [0.15, 0.2) is 24.3 Å². The second-order valence-corrected chi connectivity index (χ2v) is 8.01. The minimum absolute atomic E-state index is 0. The first-order valence-corrected chi connectivity index (χ1v) is 10.8. The molecule has 1 aromatic carbocycles. The number of carbonyl (C=O) groups excluding carboxylic acids is 1. The van der Waals surface area contributed by atoms with Crippen LogP contribution in [0.3, 0.4) is 0 Å². The van der Waals surface area contributed by atoms with Crippen LogP contribution >= 0.6 is 12.4 Å². The van der Waals surface area contributed by atoms with E-state index < -0.39 is 0 Å². The minimum Gasteiger partial charge on any atom is -0.373 e. The summed E-state index contributed by atoms with van der Waals surface area (Å²) in [6.07, 6.45) is 6.39. The van der Waals surface area contributed by atoms with E-state index in [1.807, 2.05) is 11.6 Å². The van der Waals surface area contributed by atoms with E-state index in [1.165, 1.54) is 17.5 Å². The number of ether oxygens (including phenoxy) is 1. The Hall–Kier alpha value is -1.96. The van der Waals surface area contributed by atoms with Gasteiger partial charge in [-0.1, -0.05) is 29.5 Å². The number of rotatable bonds is 7. The number of aromatic nitrogens is 3. The molecule has 0 spiro atoms. The van der Waals surface area contributed by atoms with Crippen molar-refractivity contribution in [1.82, 2.24) is 25.6 Å². The third-order valence-corrected chi connectivity index (χ3v) is 6.04. The number of fused-ring (bicyclic) bond motifs is 1. The summed E-state index contributed by atoms with van der Waals surface area (Å²) < 4.78 is 8.03. The van der Waals surface area contributed by atoms with Gasteiger partial charge in [0, 0.05) is 13.2 Å². The predicted octanol–water partition coefficient (Wildman–Crippen LogP) is 3.15. The largest absolute Gasteiger partial charge is 0.373 e. The molecule has 0 saturated carbocycles. The number of nitrogens with zero attached hydrogens (tertiary/aromatic N) is 3. The van der Waals surface area contributed by atoms with Crippen molar-refractivity contribution < 1.29 is 9.53 Å². The van der Waals surface area contributed by atoms with Gasteiger partial charge in [0.1, 0.15) is 0 Å². The molecule has 1 aliphatic heterocycles. The summed E-state index contributed by atoms with van der Waals surface area (Å²) in [6, 6.07) is 8.89. The lowest BCUT2D eigenvalue weighted by Gasteiger charge is -2.25. The molecule has 4 rings (SSSR count). The van der Waals surface area contributed by atoms with Gasteiger partial charge in [0.05, 0.1) is 17.8 Å². The van der Waals surface area contributed by atoms with E-state index in [0.717, 1.165) is 50.9 Å². The summed E-state index contributed by atoms with van der Waals surface area (Å²) in [4.78, 5) is 12.5. The van der Waals surface area contributed by atoms with E-state index in [0.29, 0.717) is 24.9 Å². The first kappa shape index (κ1) is 22.7. The van der Waals surface area contributed by atoms with Gasteiger partial charge in [-0.25, -0.2) is 4.68 Å². The van der Waals surface area contributed by atoms with Crippen molar-refractivity contribution in [3.05, 3.63) is 46.8 Å². The number of carbonyl (C=O) groups is 1. The molecule has 1 unspecified atom stereocenters. The fraction of sp³-hybridized carbons (Fsp3) is 0.591. The molecule has 0 radical (unpaired) electrons. The summed E-state index contributed by atoms with van der Waals surface area (Å²) in [7, 11) is 0. The molecule has 0 bridgehead atoms. The van der Waals surface area contributed by atoms with E-state index in [4.69, 9.17) is 4.74 Å². The van der Waals surface area contributed by atoms with Crippen LogP contribution in [-0.2, 0) is 11.2 Å². The van der Waals surface area contributed by atoms with Crippen molar-refractivity contribution in [3.63, 3.8) is 0 Å². The third-order valence-electron chi connectivity index (χ3n) is 6.04. The van der Waals surface area contributed by atoms with Crippen LogP contribution in [0.25, 0.3) is 0 Å². The van der Waals surface area contributed by atoms with Gasteiger partial charge in [-0.3, -0.25) is 4.79 Å². The highest BCUT2D eigenvalue weighted by Gasteiger charge is 2.23. The number of halogens is 1. The Kier molecular flexibility index (Phi) is 8.24. The molecule has 1 atom stereocenters. The van der Waals surface area contributed by atoms with Crippen molar-refractivity contribution in [3.8, 4) is 0 Å². The van der Waals surface area contributed by atoms with Crippen LogP contribution in [0.1, 0.15) is 71.6 Å². The van der Waals surface area contributed by atoms with E-state index in [1.54, 1.807) is 0 Å². The van der Waals surface area contributed by atoms with Gasteiger partial charge < -0.3 is 15.4 Å². The summed E-state index contributed by atoms with van der Waals surface area (Å²) >= 11 is 0. The Balaban J connectivity index is 0.00000256. The highest BCUT2D eigenvalue weighted by atomic mass is 35.5. The van der Waals surface area contributed by atoms with Crippen molar-refractivity contribution >= 4 is 18.3 Å². The Morgan fingerprint density at radius 2 is 2.07 bits per heavy atom. The Morgan fingerprint density at radius 1 is 1.27 bits per heavy atom. The SMILES string of the molecule is Cc1c(C(=O)NCCCOC2CCCc3ccccc32)nnn1C1CCNCC1.Cl. The van der Waals surface area contributed by atoms with Gasteiger partial charge >= 0.3 is 0 Å². The lowest BCUT2D eigenvalue weighted by atomic mass is 9.89. The molecular formula is C22H32ClN5O2. The molecule has 1 aromatic heterocycles. The van der Waals surface area contributed by atoms with E-state index in [-0.39, 0.29) is 24.4 Å². The number of hydrogen-bond acceptors (Lipinski definition) is 5. The second kappa shape index (κ2) is 10.9. The molecule has 1 amide bonds. The molecular weight excluding hydrogens is 402 g/mol.